The summed E-state index contributed by atoms with van der Waals surface area (Å²) in [5.74, 6) is 0.740. The number of alkyl halides is 1. The molecule has 0 aliphatic rings. The van der Waals surface area contributed by atoms with Crippen molar-refractivity contribution >= 4 is 11.6 Å². The maximum atomic E-state index is 5.62. The van der Waals surface area contributed by atoms with Crippen molar-refractivity contribution in [1.29, 1.82) is 0 Å². The van der Waals surface area contributed by atoms with Crippen molar-refractivity contribution in [2.75, 3.05) is 20.0 Å². The predicted molar refractivity (Wildman–Crippen MR) is 38.5 cm³/mol. The lowest BCUT2D eigenvalue weighted by molar-refractivity contribution is 0.310. The van der Waals surface area contributed by atoms with Gasteiger partial charge in [0.25, 0.3) is 0 Å². The van der Waals surface area contributed by atoms with Crippen molar-refractivity contribution in [1.82, 2.24) is 4.90 Å². The van der Waals surface area contributed by atoms with Gasteiger partial charge in [0, 0.05) is 11.9 Å². The van der Waals surface area contributed by atoms with Crippen molar-refractivity contribution in [3.8, 4) is 0 Å². The summed E-state index contributed by atoms with van der Waals surface area (Å²) in [7, 11) is 4.10. The molecule has 0 radical (unpaired) electrons. The van der Waals surface area contributed by atoms with Gasteiger partial charge in [-0.3, -0.25) is 0 Å². The molecule has 0 bridgehead atoms. The first-order valence-electron chi connectivity index (χ1n) is 2.94. The van der Waals surface area contributed by atoms with Crippen molar-refractivity contribution in [3.05, 3.63) is 0 Å². The molecule has 0 aromatic heterocycles. The highest BCUT2D eigenvalue weighted by Crippen LogP contribution is 1.99. The van der Waals surface area contributed by atoms with Gasteiger partial charge in [0.1, 0.15) is 0 Å². The fraction of sp³-hybridized carbons (Fsp3) is 1.00. The Bertz CT molecular complexity index is 50.5. The first kappa shape index (κ1) is 8.25. The maximum absolute atomic E-state index is 5.62. The van der Waals surface area contributed by atoms with Gasteiger partial charge in [-0.05, 0) is 20.5 Å². The van der Waals surface area contributed by atoms with E-state index in [4.69, 9.17) is 11.6 Å². The molecule has 0 fully saturated rings. The molecule has 1 nitrogen and oxygen atoms in total. The summed E-state index contributed by atoms with van der Waals surface area (Å²) < 4.78 is 0. The highest BCUT2D eigenvalue weighted by atomic mass is 35.5. The van der Waals surface area contributed by atoms with Gasteiger partial charge in [0.05, 0.1) is 0 Å². The Hall–Kier alpha value is 0.250. The van der Waals surface area contributed by atoms with Gasteiger partial charge in [-0.2, -0.15) is 0 Å². The quantitative estimate of drug-likeness (QED) is 0.531. The Labute approximate surface area is 56.6 Å². The van der Waals surface area contributed by atoms with Gasteiger partial charge < -0.3 is 4.90 Å². The van der Waals surface area contributed by atoms with E-state index in [9.17, 15) is 0 Å². The van der Waals surface area contributed by atoms with Crippen molar-refractivity contribution in [3.63, 3.8) is 0 Å². The van der Waals surface area contributed by atoms with E-state index in [0.29, 0.717) is 6.04 Å². The van der Waals surface area contributed by atoms with Crippen LogP contribution in [0.2, 0.25) is 0 Å². The first-order valence-corrected chi connectivity index (χ1v) is 3.48. The normalized spacial score (nSPS) is 14.6. The highest BCUT2D eigenvalue weighted by molar-refractivity contribution is 6.18. The second kappa shape index (κ2) is 4.16. The third-order valence-corrected chi connectivity index (χ3v) is 1.74. The zero-order chi connectivity index (χ0) is 6.57. The number of nitrogens with zero attached hydrogens (tertiary/aromatic N) is 1. The molecule has 2 heteroatoms. The molecule has 8 heavy (non-hydrogen) atoms. The zero-order valence-corrected chi connectivity index (χ0v) is 6.57. The van der Waals surface area contributed by atoms with Crippen LogP contribution in [0.5, 0.6) is 0 Å². The molecule has 0 spiro atoms. The van der Waals surface area contributed by atoms with Gasteiger partial charge >= 0.3 is 0 Å². The van der Waals surface area contributed by atoms with Crippen LogP contribution < -0.4 is 0 Å². The fourth-order valence-electron chi connectivity index (χ4n) is 0.612. The minimum absolute atomic E-state index is 0.552. The van der Waals surface area contributed by atoms with Gasteiger partial charge in [-0.15, -0.1) is 11.6 Å². The molecule has 1 unspecified atom stereocenters. The lowest BCUT2D eigenvalue weighted by Crippen LogP contribution is -2.28. The van der Waals surface area contributed by atoms with Crippen LogP contribution in [-0.2, 0) is 0 Å². The summed E-state index contributed by atoms with van der Waals surface area (Å²) >= 11 is 5.62. The van der Waals surface area contributed by atoms with Crippen LogP contribution in [0.25, 0.3) is 0 Å². The highest BCUT2D eigenvalue weighted by Gasteiger charge is 2.04. The SMILES string of the molecule is CCC(CCl)N(C)C. The van der Waals surface area contributed by atoms with E-state index in [-0.39, 0.29) is 0 Å². The van der Waals surface area contributed by atoms with Gasteiger partial charge in [0.2, 0.25) is 0 Å². The molecule has 50 valence electrons. The van der Waals surface area contributed by atoms with Crippen molar-refractivity contribution in [2.45, 2.75) is 19.4 Å². The summed E-state index contributed by atoms with van der Waals surface area (Å²) in [5, 5.41) is 0. The molecule has 0 aliphatic heterocycles. The predicted octanol–water partition coefficient (Wildman–Crippen LogP) is 1.57. The van der Waals surface area contributed by atoms with Crippen LogP contribution in [0.4, 0.5) is 0 Å². The molecule has 0 aliphatic carbocycles. The standard InChI is InChI=1S/C6H14ClN/c1-4-6(5-7)8(2)3/h6H,4-5H2,1-3H3. The van der Waals surface area contributed by atoms with Crippen LogP contribution in [0.3, 0.4) is 0 Å². The third kappa shape index (κ3) is 2.53. The fourth-order valence-corrected chi connectivity index (χ4v) is 1.11. The molecular weight excluding hydrogens is 122 g/mol. The lowest BCUT2D eigenvalue weighted by atomic mass is 10.2. The van der Waals surface area contributed by atoms with E-state index < -0.39 is 0 Å². The molecule has 0 heterocycles. The molecule has 0 amide bonds. The maximum Gasteiger partial charge on any atom is 0.0379 e. The average molecular weight is 136 g/mol. The Morgan fingerprint density at radius 2 is 2.00 bits per heavy atom. The molecule has 0 N–H and O–H groups in total. The number of halogens is 1. The lowest BCUT2D eigenvalue weighted by Gasteiger charge is -2.19. The molecule has 0 rings (SSSR count). The van der Waals surface area contributed by atoms with Crippen molar-refractivity contribution in [2.24, 2.45) is 0 Å². The summed E-state index contributed by atoms with van der Waals surface area (Å²) in [6, 6.07) is 0.552. The molecule has 0 aromatic rings. The monoisotopic (exact) mass is 135 g/mol. The Balaban J connectivity index is 3.35. The summed E-state index contributed by atoms with van der Waals surface area (Å²) in [4.78, 5) is 2.15. The van der Waals surface area contributed by atoms with Crippen LogP contribution in [0.1, 0.15) is 13.3 Å². The Morgan fingerprint density at radius 3 is 2.00 bits per heavy atom. The van der Waals surface area contributed by atoms with E-state index >= 15 is 0 Å². The zero-order valence-electron chi connectivity index (χ0n) is 5.82. The minimum atomic E-state index is 0.552. The van der Waals surface area contributed by atoms with E-state index in [1.807, 2.05) is 0 Å². The minimum Gasteiger partial charge on any atom is -0.305 e. The van der Waals surface area contributed by atoms with E-state index in [1.54, 1.807) is 0 Å². The van der Waals surface area contributed by atoms with Crippen molar-refractivity contribution < 1.29 is 0 Å². The topological polar surface area (TPSA) is 3.24 Å². The third-order valence-electron chi connectivity index (χ3n) is 1.38. The number of hydrogen-bond donors (Lipinski definition) is 0. The van der Waals surface area contributed by atoms with E-state index in [1.165, 1.54) is 0 Å². The molecule has 0 aromatic carbocycles. The summed E-state index contributed by atoms with van der Waals surface area (Å²) in [5.41, 5.74) is 0. The smallest absolute Gasteiger partial charge is 0.0379 e. The van der Waals surface area contributed by atoms with E-state index in [2.05, 4.69) is 25.9 Å². The van der Waals surface area contributed by atoms with Crippen LogP contribution in [0, 0.1) is 0 Å². The largest absolute Gasteiger partial charge is 0.305 e. The average Bonchev–Trinajstić information content (AvgIpc) is 1.69. The summed E-state index contributed by atoms with van der Waals surface area (Å²) in [6.07, 6.45) is 1.14. The second-order valence-corrected chi connectivity index (χ2v) is 2.49. The second-order valence-electron chi connectivity index (χ2n) is 2.18. The van der Waals surface area contributed by atoms with Crippen LogP contribution in [-0.4, -0.2) is 30.9 Å². The van der Waals surface area contributed by atoms with Gasteiger partial charge in [-0.25, -0.2) is 0 Å². The van der Waals surface area contributed by atoms with Crippen LogP contribution in [0.15, 0.2) is 0 Å². The van der Waals surface area contributed by atoms with E-state index in [0.717, 1.165) is 12.3 Å². The molecule has 0 saturated carbocycles. The van der Waals surface area contributed by atoms with Gasteiger partial charge in [0.15, 0.2) is 0 Å². The van der Waals surface area contributed by atoms with Gasteiger partial charge in [-0.1, -0.05) is 6.92 Å². The number of rotatable bonds is 3. The Morgan fingerprint density at radius 1 is 1.50 bits per heavy atom. The number of hydrogen-bond acceptors (Lipinski definition) is 1. The Kier molecular flexibility index (Phi) is 4.29. The first-order chi connectivity index (χ1) is 3.72. The molecular formula is C6H14ClN. The molecule has 1 atom stereocenters. The summed E-state index contributed by atoms with van der Waals surface area (Å²) in [6.45, 7) is 2.15. The van der Waals surface area contributed by atoms with Crippen LogP contribution >= 0.6 is 11.6 Å². The molecule has 0 saturated heterocycles.